The predicted octanol–water partition coefficient (Wildman–Crippen LogP) is 3.74. The van der Waals surface area contributed by atoms with Crippen LogP contribution in [0, 0.1) is 0 Å². The standard InChI is InChI=1S/C18H16BrN3O5S2/c1-9(23)20-18-21-22(10(2)24)16(29-18)11-7-12(19)15(13(8-11)26-3)27-17(25)14-5-4-6-28-14/h4-8,16H,1-3H3,(H,20,21,23). The summed E-state index contributed by atoms with van der Waals surface area (Å²) in [7, 11) is 1.46. The lowest BCUT2D eigenvalue weighted by Crippen LogP contribution is -2.25. The Bertz CT molecular complexity index is 994. The molecular weight excluding hydrogens is 482 g/mol. The first-order valence-electron chi connectivity index (χ1n) is 8.26. The monoisotopic (exact) mass is 497 g/mol. The molecule has 1 unspecified atom stereocenters. The van der Waals surface area contributed by atoms with E-state index in [0.717, 1.165) is 0 Å². The van der Waals surface area contributed by atoms with E-state index in [1.165, 1.54) is 49.1 Å². The second-order valence-electron chi connectivity index (χ2n) is 5.82. The molecule has 0 aliphatic carbocycles. The van der Waals surface area contributed by atoms with Gasteiger partial charge in [-0.25, -0.2) is 9.80 Å². The van der Waals surface area contributed by atoms with E-state index in [0.29, 0.717) is 25.8 Å². The molecule has 152 valence electrons. The second-order valence-corrected chi connectivity index (χ2v) is 8.69. The zero-order valence-electron chi connectivity index (χ0n) is 15.6. The SMILES string of the molecule is COc1cc(C2SC(NC(C)=O)=NN2C(C)=O)cc(Br)c1OC(=O)c1cccs1. The Morgan fingerprint density at radius 1 is 1.28 bits per heavy atom. The average Bonchev–Trinajstić information content (AvgIpc) is 3.32. The fourth-order valence-electron chi connectivity index (χ4n) is 2.50. The maximum absolute atomic E-state index is 12.3. The van der Waals surface area contributed by atoms with Crippen molar-refractivity contribution in [1.82, 2.24) is 10.3 Å². The van der Waals surface area contributed by atoms with Crippen LogP contribution in [0.5, 0.6) is 11.5 Å². The number of hydrogen-bond donors (Lipinski definition) is 1. The number of benzene rings is 1. The first-order chi connectivity index (χ1) is 13.8. The Kier molecular flexibility index (Phi) is 6.60. The van der Waals surface area contributed by atoms with Crippen LogP contribution in [0.4, 0.5) is 0 Å². The average molecular weight is 498 g/mol. The number of hydrogen-bond acceptors (Lipinski definition) is 8. The lowest BCUT2D eigenvalue weighted by Gasteiger charge is -2.21. The molecule has 1 aromatic heterocycles. The molecule has 29 heavy (non-hydrogen) atoms. The van der Waals surface area contributed by atoms with Gasteiger partial charge in [0.15, 0.2) is 16.7 Å². The quantitative estimate of drug-likeness (QED) is 0.510. The third-order valence-corrected chi connectivity index (χ3v) is 6.24. The lowest BCUT2D eigenvalue weighted by molar-refractivity contribution is -0.129. The van der Waals surface area contributed by atoms with Crippen LogP contribution in [-0.2, 0) is 9.59 Å². The third kappa shape index (κ3) is 4.80. The highest BCUT2D eigenvalue weighted by Gasteiger charge is 2.33. The van der Waals surface area contributed by atoms with Crippen LogP contribution in [0.3, 0.4) is 0 Å². The van der Waals surface area contributed by atoms with Gasteiger partial charge in [-0.2, -0.15) is 0 Å². The largest absolute Gasteiger partial charge is 0.493 e. The molecule has 1 aliphatic heterocycles. The van der Waals surface area contributed by atoms with Crippen molar-refractivity contribution in [1.29, 1.82) is 0 Å². The summed E-state index contributed by atoms with van der Waals surface area (Å²) in [5, 5.41) is 9.62. The summed E-state index contributed by atoms with van der Waals surface area (Å²) in [4.78, 5) is 36.1. The Morgan fingerprint density at radius 2 is 2.03 bits per heavy atom. The highest BCUT2D eigenvalue weighted by Crippen LogP contribution is 2.45. The smallest absolute Gasteiger partial charge is 0.353 e. The van der Waals surface area contributed by atoms with Gasteiger partial charge < -0.3 is 14.8 Å². The van der Waals surface area contributed by atoms with Crippen molar-refractivity contribution >= 4 is 62.0 Å². The molecule has 8 nitrogen and oxygen atoms in total. The van der Waals surface area contributed by atoms with Gasteiger partial charge in [-0.05, 0) is 45.1 Å². The van der Waals surface area contributed by atoms with Gasteiger partial charge >= 0.3 is 5.97 Å². The van der Waals surface area contributed by atoms with Crippen LogP contribution < -0.4 is 14.8 Å². The molecule has 0 saturated heterocycles. The Hall–Kier alpha value is -2.37. The van der Waals surface area contributed by atoms with Crippen molar-refractivity contribution in [3.8, 4) is 11.5 Å². The number of thioether (sulfide) groups is 1. The minimum Gasteiger partial charge on any atom is -0.493 e. The second kappa shape index (κ2) is 8.97. The first kappa shape index (κ1) is 21.3. The zero-order chi connectivity index (χ0) is 21.1. The minimum absolute atomic E-state index is 0.232. The maximum Gasteiger partial charge on any atom is 0.353 e. The summed E-state index contributed by atoms with van der Waals surface area (Å²) in [5.74, 6) is -0.517. The van der Waals surface area contributed by atoms with Gasteiger partial charge in [0.2, 0.25) is 11.8 Å². The summed E-state index contributed by atoms with van der Waals surface area (Å²) in [6.07, 6.45) is 0. The first-order valence-corrected chi connectivity index (χ1v) is 10.8. The fourth-order valence-corrected chi connectivity index (χ4v) is 4.75. The van der Waals surface area contributed by atoms with Crippen LogP contribution in [-0.4, -0.2) is 35.1 Å². The lowest BCUT2D eigenvalue weighted by atomic mass is 10.2. The summed E-state index contributed by atoms with van der Waals surface area (Å²) >= 11 is 5.91. The van der Waals surface area contributed by atoms with Crippen molar-refractivity contribution in [2.75, 3.05) is 7.11 Å². The van der Waals surface area contributed by atoms with E-state index in [1.54, 1.807) is 29.6 Å². The van der Waals surface area contributed by atoms with Gasteiger partial charge in [-0.1, -0.05) is 17.8 Å². The number of amides is 2. The fraction of sp³-hybridized carbons (Fsp3) is 0.222. The molecule has 11 heteroatoms. The van der Waals surface area contributed by atoms with Gasteiger partial charge in [0, 0.05) is 13.8 Å². The summed E-state index contributed by atoms with van der Waals surface area (Å²) in [5.41, 5.74) is 0.675. The van der Waals surface area contributed by atoms with Crippen molar-refractivity contribution in [2.45, 2.75) is 19.2 Å². The normalized spacial score (nSPS) is 15.7. The molecular formula is C18H16BrN3O5S2. The van der Waals surface area contributed by atoms with Crippen molar-refractivity contribution < 1.29 is 23.9 Å². The van der Waals surface area contributed by atoms with E-state index in [-0.39, 0.29) is 17.6 Å². The molecule has 0 spiro atoms. The molecule has 2 heterocycles. The Labute approximate surface area is 183 Å². The molecule has 3 rings (SSSR count). The van der Waals surface area contributed by atoms with Crippen LogP contribution in [0.15, 0.2) is 39.2 Å². The molecule has 2 aromatic rings. The van der Waals surface area contributed by atoms with Crippen molar-refractivity contribution in [2.24, 2.45) is 5.10 Å². The van der Waals surface area contributed by atoms with Crippen molar-refractivity contribution in [3.63, 3.8) is 0 Å². The minimum atomic E-state index is -0.512. The number of hydrazone groups is 1. The predicted molar refractivity (Wildman–Crippen MR) is 114 cm³/mol. The number of carbonyl (C=O) groups is 3. The van der Waals surface area contributed by atoms with Gasteiger partial charge in [0.1, 0.15) is 10.3 Å². The summed E-state index contributed by atoms with van der Waals surface area (Å²) < 4.78 is 11.4. The van der Waals surface area contributed by atoms with E-state index in [9.17, 15) is 14.4 Å². The van der Waals surface area contributed by atoms with Crippen LogP contribution in [0.1, 0.15) is 34.5 Å². The molecule has 0 bridgehead atoms. The number of carbonyl (C=O) groups excluding carboxylic acids is 3. The zero-order valence-corrected chi connectivity index (χ0v) is 18.8. The molecule has 1 N–H and O–H groups in total. The molecule has 0 radical (unpaired) electrons. The number of amidine groups is 1. The van der Waals surface area contributed by atoms with Crippen LogP contribution in [0.25, 0.3) is 0 Å². The molecule has 1 aromatic carbocycles. The molecule has 0 fully saturated rings. The number of halogens is 1. The van der Waals surface area contributed by atoms with E-state index < -0.39 is 11.3 Å². The van der Waals surface area contributed by atoms with Crippen molar-refractivity contribution in [3.05, 3.63) is 44.6 Å². The Balaban J connectivity index is 1.91. The highest BCUT2D eigenvalue weighted by atomic mass is 79.9. The molecule has 2 amide bonds. The third-order valence-electron chi connectivity index (χ3n) is 3.70. The van der Waals surface area contributed by atoms with Gasteiger partial charge in [0.25, 0.3) is 0 Å². The van der Waals surface area contributed by atoms with E-state index in [1.807, 2.05) is 0 Å². The van der Waals surface area contributed by atoms with E-state index >= 15 is 0 Å². The van der Waals surface area contributed by atoms with Crippen LogP contribution in [0.2, 0.25) is 0 Å². The van der Waals surface area contributed by atoms with Crippen LogP contribution >= 0.6 is 39.0 Å². The number of thiophene rings is 1. The molecule has 1 aliphatic rings. The number of esters is 1. The van der Waals surface area contributed by atoms with Gasteiger partial charge in [0.05, 0.1) is 11.6 Å². The Morgan fingerprint density at radius 3 is 2.62 bits per heavy atom. The van der Waals surface area contributed by atoms with E-state index in [4.69, 9.17) is 9.47 Å². The number of rotatable bonds is 4. The number of ether oxygens (including phenoxy) is 2. The molecule has 0 saturated carbocycles. The maximum atomic E-state index is 12.3. The van der Waals surface area contributed by atoms with Gasteiger partial charge in [-0.15, -0.1) is 16.4 Å². The molecule has 1 atom stereocenters. The summed E-state index contributed by atoms with van der Waals surface area (Å²) in [6, 6.07) is 6.82. The number of methoxy groups -OCH3 is 1. The van der Waals surface area contributed by atoms with Gasteiger partial charge in [-0.3, -0.25) is 9.59 Å². The summed E-state index contributed by atoms with van der Waals surface area (Å²) in [6.45, 7) is 2.75. The number of nitrogens with one attached hydrogen (secondary N) is 1. The number of nitrogens with zero attached hydrogens (tertiary/aromatic N) is 2. The van der Waals surface area contributed by atoms with E-state index in [2.05, 4.69) is 26.3 Å². The topological polar surface area (TPSA) is 97.3 Å². The highest BCUT2D eigenvalue weighted by molar-refractivity contribution is 9.10.